The van der Waals surface area contributed by atoms with Gasteiger partial charge in [-0.3, -0.25) is 0 Å². The summed E-state index contributed by atoms with van der Waals surface area (Å²) >= 11 is 0. The first-order chi connectivity index (χ1) is 5.75. The number of nitrogens with two attached hydrogens (primary N) is 1. The van der Waals surface area contributed by atoms with E-state index in [0.717, 1.165) is 37.3 Å². The van der Waals surface area contributed by atoms with Crippen molar-refractivity contribution in [2.24, 2.45) is 5.73 Å². The van der Waals surface area contributed by atoms with Gasteiger partial charge in [0.15, 0.2) is 0 Å². The molecule has 0 radical (unpaired) electrons. The molecular formula is C9H16N2O. The van der Waals surface area contributed by atoms with Crippen LogP contribution in [0.2, 0.25) is 0 Å². The molecule has 0 aliphatic carbocycles. The highest BCUT2D eigenvalue weighted by Gasteiger charge is 2.06. The van der Waals surface area contributed by atoms with Crippen LogP contribution >= 0.6 is 0 Å². The minimum atomic E-state index is 0.760. The molecular weight excluding hydrogens is 152 g/mol. The van der Waals surface area contributed by atoms with Crippen molar-refractivity contribution < 1.29 is 4.52 Å². The van der Waals surface area contributed by atoms with Gasteiger partial charge in [-0.1, -0.05) is 5.16 Å². The molecule has 0 spiro atoms. The predicted octanol–water partition coefficient (Wildman–Crippen LogP) is 1.57. The van der Waals surface area contributed by atoms with Crippen molar-refractivity contribution in [2.45, 2.75) is 33.1 Å². The first-order valence-electron chi connectivity index (χ1n) is 4.37. The van der Waals surface area contributed by atoms with Crippen molar-refractivity contribution in [3.8, 4) is 0 Å². The van der Waals surface area contributed by atoms with Crippen molar-refractivity contribution in [1.29, 1.82) is 0 Å². The Morgan fingerprint density at radius 1 is 1.33 bits per heavy atom. The van der Waals surface area contributed by atoms with Crippen LogP contribution in [0.4, 0.5) is 0 Å². The van der Waals surface area contributed by atoms with Crippen LogP contribution in [0.15, 0.2) is 4.52 Å². The lowest BCUT2D eigenvalue weighted by Crippen LogP contribution is -1.99. The van der Waals surface area contributed by atoms with E-state index in [0.29, 0.717) is 0 Å². The van der Waals surface area contributed by atoms with Crippen LogP contribution < -0.4 is 5.73 Å². The molecule has 1 heterocycles. The van der Waals surface area contributed by atoms with Crippen LogP contribution in [0.5, 0.6) is 0 Å². The lowest BCUT2D eigenvalue weighted by atomic mass is 10.1. The van der Waals surface area contributed by atoms with Crippen LogP contribution in [0.3, 0.4) is 0 Å². The third-order valence-corrected chi connectivity index (χ3v) is 2.12. The zero-order valence-corrected chi connectivity index (χ0v) is 7.76. The molecule has 1 aromatic rings. The van der Waals surface area contributed by atoms with Crippen LogP contribution in [0, 0.1) is 13.8 Å². The van der Waals surface area contributed by atoms with Gasteiger partial charge in [-0.2, -0.15) is 0 Å². The zero-order valence-electron chi connectivity index (χ0n) is 7.76. The van der Waals surface area contributed by atoms with E-state index in [1.54, 1.807) is 0 Å². The monoisotopic (exact) mass is 168 g/mol. The molecule has 0 unspecified atom stereocenters. The Hall–Kier alpha value is -0.830. The Labute approximate surface area is 72.9 Å². The average molecular weight is 168 g/mol. The zero-order chi connectivity index (χ0) is 8.97. The van der Waals surface area contributed by atoms with Gasteiger partial charge in [-0.15, -0.1) is 0 Å². The fourth-order valence-electron chi connectivity index (χ4n) is 1.13. The van der Waals surface area contributed by atoms with Gasteiger partial charge >= 0.3 is 0 Å². The van der Waals surface area contributed by atoms with Gasteiger partial charge in [-0.05, 0) is 39.7 Å². The van der Waals surface area contributed by atoms with Crippen molar-refractivity contribution in [3.63, 3.8) is 0 Å². The lowest BCUT2D eigenvalue weighted by molar-refractivity contribution is 0.389. The summed E-state index contributed by atoms with van der Waals surface area (Å²) in [4.78, 5) is 0. The third kappa shape index (κ3) is 2.08. The number of unbranched alkanes of at least 4 members (excludes halogenated alkanes) is 1. The van der Waals surface area contributed by atoms with Crippen LogP contribution in [0.25, 0.3) is 0 Å². The van der Waals surface area contributed by atoms with Crippen LogP contribution in [-0.4, -0.2) is 11.7 Å². The standard InChI is InChI=1S/C9H16N2O/c1-7-8(2)12-11-9(7)5-3-4-6-10/h3-6,10H2,1-2H3. The Balaban J connectivity index is 2.46. The molecule has 0 atom stereocenters. The molecule has 0 aliphatic heterocycles. The SMILES string of the molecule is Cc1onc(CCCCN)c1C. The molecule has 0 aromatic carbocycles. The Morgan fingerprint density at radius 2 is 2.08 bits per heavy atom. The fraction of sp³-hybridized carbons (Fsp3) is 0.667. The molecule has 0 aliphatic rings. The summed E-state index contributed by atoms with van der Waals surface area (Å²) in [5.41, 5.74) is 7.66. The molecule has 3 heteroatoms. The van der Waals surface area contributed by atoms with Gasteiger partial charge in [0.2, 0.25) is 0 Å². The van der Waals surface area contributed by atoms with Crippen molar-refractivity contribution in [2.75, 3.05) is 6.54 Å². The summed E-state index contributed by atoms with van der Waals surface area (Å²) in [5, 5.41) is 3.97. The van der Waals surface area contributed by atoms with E-state index in [1.807, 2.05) is 13.8 Å². The van der Waals surface area contributed by atoms with E-state index in [4.69, 9.17) is 10.3 Å². The van der Waals surface area contributed by atoms with E-state index in [2.05, 4.69) is 5.16 Å². The number of rotatable bonds is 4. The first-order valence-corrected chi connectivity index (χ1v) is 4.37. The maximum atomic E-state index is 5.39. The quantitative estimate of drug-likeness (QED) is 0.694. The Kier molecular flexibility index (Phi) is 3.29. The van der Waals surface area contributed by atoms with Crippen LogP contribution in [0.1, 0.15) is 29.9 Å². The second-order valence-corrected chi connectivity index (χ2v) is 3.06. The van der Waals surface area contributed by atoms with Crippen LogP contribution in [-0.2, 0) is 6.42 Å². The molecule has 0 saturated carbocycles. The largest absolute Gasteiger partial charge is 0.361 e. The highest BCUT2D eigenvalue weighted by Crippen LogP contribution is 2.13. The summed E-state index contributed by atoms with van der Waals surface area (Å²) in [7, 11) is 0. The molecule has 3 nitrogen and oxygen atoms in total. The molecule has 0 fully saturated rings. The Morgan fingerprint density at radius 3 is 2.58 bits per heavy atom. The van der Waals surface area contributed by atoms with E-state index < -0.39 is 0 Å². The van der Waals surface area contributed by atoms with Gasteiger partial charge in [0.25, 0.3) is 0 Å². The summed E-state index contributed by atoms with van der Waals surface area (Å²) in [5.74, 6) is 0.928. The summed E-state index contributed by atoms with van der Waals surface area (Å²) in [6.07, 6.45) is 3.15. The van der Waals surface area contributed by atoms with Crippen molar-refractivity contribution in [1.82, 2.24) is 5.16 Å². The minimum absolute atomic E-state index is 0.760. The maximum absolute atomic E-state index is 5.39. The van der Waals surface area contributed by atoms with E-state index in [-0.39, 0.29) is 0 Å². The highest BCUT2D eigenvalue weighted by molar-refractivity contribution is 5.19. The first kappa shape index (κ1) is 9.26. The molecule has 1 rings (SSSR count). The molecule has 0 bridgehead atoms. The number of aromatic nitrogens is 1. The molecule has 68 valence electrons. The van der Waals surface area contributed by atoms with Gasteiger partial charge in [0.05, 0.1) is 5.69 Å². The minimum Gasteiger partial charge on any atom is -0.361 e. The predicted molar refractivity (Wildman–Crippen MR) is 48.0 cm³/mol. The smallest absolute Gasteiger partial charge is 0.136 e. The molecule has 0 saturated heterocycles. The highest BCUT2D eigenvalue weighted by atomic mass is 16.5. The molecule has 2 N–H and O–H groups in total. The van der Waals surface area contributed by atoms with Gasteiger partial charge in [0.1, 0.15) is 5.76 Å². The van der Waals surface area contributed by atoms with E-state index in [1.165, 1.54) is 5.56 Å². The number of hydrogen-bond donors (Lipinski definition) is 1. The summed E-state index contributed by atoms with van der Waals surface area (Å²) in [6.45, 7) is 4.74. The topological polar surface area (TPSA) is 52.0 Å². The third-order valence-electron chi connectivity index (χ3n) is 2.12. The van der Waals surface area contributed by atoms with E-state index >= 15 is 0 Å². The number of nitrogens with zero attached hydrogens (tertiary/aromatic N) is 1. The molecule has 0 amide bonds. The Bertz CT molecular complexity index is 243. The van der Waals surface area contributed by atoms with Gasteiger partial charge in [-0.25, -0.2) is 0 Å². The maximum Gasteiger partial charge on any atom is 0.136 e. The second-order valence-electron chi connectivity index (χ2n) is 3.06. The second kappa shape index (κ2) is 4.26. The van der Waals surface area contributed by atoms with Gasteiger partial charge in [0, 0.05) is 5.56 Å². The summed E-state index contributed by atoms with van der Waals surface area (Å²) in [6, 6.07) is 0. The summed E-state index contributed by atoms with van der Waals surface area (Å²) < 4.78 is 5.04. The lowest BCUT2D eigenvalue weighted by Gasteiger charge is -1.95. The number of aryl methyl sites for hydroxylation is 2. The number of hydrogen-bond acceptors (Lipinski definition) is 3. The molecule has 12 heavy (non-hydrogen) atoms. The van der Waals surface area contributed by atoms with Gasteiger partial charge < -0.3 is 10.3 Å². The normalized spacial score (nSPS) is 10.6. The fourth-order valence-corrected chi connectivity index (χ4v) is 1.13. The van der Waals surface area contributed by atoms with E-state index in [9.17, 15) is 0 Å². The van der Waals surface area contributed by atoms with Crippen molar-refractivity contribution >= 4 is 0 Å². The average Bonchev–Trinajstić information content (AvgIpc) is 2.36. The molecule has 1 aromatic heterocycles. The van der Waals surface area contributed by atoms with Crippen molar-refractivity contribution in [3.05, 3.63) is 17.0 Å².